The summed E-state index contributed by atoms with van der Waals surface area (Å²) in [5.41, 5.74) is 1.07. The summed E-state index contributed by atoms with van der Waals surface area (Å²) in [7, 11) is 1.99. The van der Waals surface area contributed by atoms with Crippen molar-refractivity contribution in [2.75, 3.05) is 11.9 Å². The Morgan fingerprint density at radius 1 is 1.50 bits per heavy atom. The number of hydrogen-bond donors (Lipinski definition) is 0. The maximum absolute atomic E-state index is 4.42. The van der Waals surface area contributed by atoms with Crippen molar-refractivity contribution in [3.8, 4) is 0 Å². The Bertz CT molecular complexity index is 485. The van der Waals surface area contributed by atoms with Crippen molar-refractivity contribution in [2.45, 2.75) is 13.5 Å². The van der Waals surface area contributed by atoms with E-state index >= 15 is 0 Å². The average Bonchev–Trinajstić information content (AvgIpc) is 2.64. The maximum Gasteiger partial charge on any atom is 0.146 e. The van der Waals surface area contributed by atoms with Gasteiger partial charge in [-0.1, -0.05) is 0 Å². The van der Waals surface area contributed by atoms with Gasteiger partial charge in [-0.15, -0.1) is 11.3 Å². The third kappa shape index (κ3) is 2.56. The Kier molecular flexibility index (Phi) is 3.50. The first-order chi connectivity index (χ1) is 7.66. The van der Waals surface area contributed by atoms with Crippen molar-refractivity contribution < 1.29 is 0 Å². The van der Waals surface area contributed by atoms with Crippen LogP contribution < -0.4 is 4.90 Å². The van der Waals surface area contributed by atoms with Gasteiger partial charge in [-0.05, 0) is 22.9 Å². The van der Waals surface area contributed by atoms with Crippen LogP contribution in [-0.4, -0.2) is 22.0 Å². The normalized spacial score (nSPS) is 10.4. The monoisotopic (exact) mass is 298 g/mol. The van der Waals surface area contributed by atoms with E-state index in [2.05, 4.69) is 36.3 Å². The Morgan fingerprint density at radius 2 is 2.31 bits per heavy atom. The molecule has 84 valence electrons. The first-order valence-electron chi connectivity index (χ1n) is 4.74. The molecule has 0 aromatic carbocycles. The number of hydrogen-bond acceptors (Lipinski definition) is 5. The van der Waals surface area contributed by atoms with Crippen LogP contribution in [0.3, 0.4) is 0 Å². The summed E-state index contributed by atoms with van der Waals surface area (Å²) in [4.78, 5) is 14.6. The molecule has 0 aliphatic rings. The van der Waals surface area contributed by atoms with E-state index in [0.29, 0.717) is 0 Å². The highest BCUT2D eigenvalue weighted by atomic mass is 79.9. The highest BCUT2D eigenvalue weighted by molar-refractivity contribution is 9.10. The van der Waals surface area contributed by atoms with Gasteiger partial charge in [-0.2, -0.15) is 0 Å². The zero-order chi connectivity index (χ0) is 11.5. The number of thiazole rings is 1. The van der Waals surface area contributed by atoms with Crippen LogP contribution in [0.15, 0.2) is 22.4 Å². The van der Waals surface area contributed by atoms with Crippen LogP contribution in [0.2, 0.25) is 0 Å². The molecule has 4 nitrogen and oxygen atoms in total. The van der Waals surface area contributed by atoms with Gasteiger partial charge in [0, 0.05) is 18.6 Å². The SMILES string of the molecule is Cc1nc(CN(C)c2ncncc2Br)cs1. The molecule has 0 radical (unpaired) electrons. The Balaban J connectivity index is 2.14. The minimum absolute atomic E-state index is 0.750. The molecule has 0 spiro atoms. The van der Waals surface area contributed by atoms with Gasteiger partial charge in [0.1, 0.15) is 12.1 Å². The Hall–Kier alpha value is -1.01. The second-order valence-electron chi connectivity index (χ2n) is 3.41. The van der Waals surface area contributed by atoms with Gasteiger partial charge in [0.15, 0.2) is 0 Å². The summed E-state index contributed by atoms with van der Waals surface area (Å²) in [6, 6.07) is 0. The molecule has 16 heavy (non-hydrogen) atoms. The lowest BCUT2D eigenvalue weighted by molar-refractivity contribution is 0.861. The summed E-state index contributed by atoms with van der Waals surface area (Å²) in [6.45, 7) is 2.76. The van der Waals surface area contributed by atoms with Crippen LogP contribution in [0.5, 0.6) is 0 Å². The van der Waals surface area contributed by atoms with E-state index in [1.807, 2.05) is 18.9 Å². The minimum atomic E-state index is 0.750. The van der Waals surface area contributed by atoms with E-state index in [0.717, 1.165) is 27.5 Å². The molecular weight excluding hydrogens is 288 g/mol. The molecule has 2 aromatic rings. The van der Waals surface area contributed by atoms with Crippen molar-refractivity contribution in [1.82, 2.24) is 15.0 Å². The first-order valence-corrected chi connectivity index (χ1v) is 6.41. The molecule has 2 heterocycles. The topological polar surface area (TPSA) is 41.9 Å². The van der Waals surface area contributed by atoms with E-state index in [9.17, 15) is 0 Å². The molecule has 0 saturated heterocycles. The number of anilines is 1. The number of rotatable bonds is 3. The fraction of sp³-hybridized carbons (Fsp3) is 0.300. The number of aromatic nitrogens is 3. The van der Waals surface area contributed by atoms with Crippen LogP contribution >= 0.6 is 27.3 Å². The van der Waals surface area contributed by atoms with Crippen molar-refractivity contribution in [2.24, 2.45) is 0 Å². The molecule has 0 amide bonds. The third-order valence-electron chi connectivity index (χ3n) is 2.08. The van der Waals surface area contributed by atoms with Gasteiger partial charge in [0.05, 0.1) is 21.7 Å². The van der Waals surface area contributed by atoms with Gasteiger partial charge in [0.2, 0.25) is 0 Å². The molecule has 0 fully saturated rings. The summed E-state index contributed by atoms with van der Waals surface area (Å²) in [5, 5.41) is 3.16. The lowest BCUT2D eigenvalue weighted by Crippen LogP contribution is -2.18. The Morgan fingerprint density at radius 3 is 2.94 bits per heavy atom. The van der Waals surface area contributed by atoms with Crippen molar-refractivity contribution in [1.29, 1.82) is 0 Å². The lowest BCUT2D eigenvalue weighted by Gasteiger charge is -2.17. The first kappa shape index (κ1) is 11.5. The van der Waals surface area contributed by atoms with Crippen molar-refractivity contribution in [3.63, 3.8) is 0 Å². The largest absolute Gasteiger partial charge is 0.353 e. The van der Waals surface area contributed by atoms with E-state index in [1.165, 1.54) is 0 Å². The van der Waals surface area contributed by atoms with Gasteiger partial charge < -0.3 is 4.90 Å². The second-order valence-corrected chi connectivity index (χ2v) is 5.32. The van der Waals surface area contributed by atoms with Crippen LogP contribution in [0, 0.1) is 6.92 Å². The van der Waals surface area contributed by atoms with E-state index in [1.54, 1.807) is 23.9 Å². The van der Waals surface area contributed by atoms with Crippen LogP contribution in [0.1, 0.15) is 10.7 Å². The second kappa shape index (κ2) is 4.88. The average molecular weight is 299 g/mol. The third-order valence-corrected chi connectivity index (χ3v) is 3.46. The quantitative estimate of drug-likeness (QED) is 0.874. The minimum Gasteiger partial charge on any atom is -0.353 e. The highest BCUT2D eigenvalue weighted by Crippen LogP contribution is 2.22. The predicted octanol–water partition coefficient (Wildman–Crippen LogP) is 2.64. The fourth-order valence-corrected chi connectivity index (χ4v) is 2.51. The van der Waals surface area contributed by atoms with Crippen LogP contribution in [-0.2, 0) is 6.54 Å². The molecule has 0 atom stereocenters. The van der Waals surface area contributed by atoms with Gasteiger partial charge in [-0.25, -0.2) is 15.0 Å². The zero-order valence-electron chi connectivity index (χ0n) is 9.01. The molecule has 0 unspecified atom stereocenters. The fourth-order valence-electron chi connectivity index (χ4n) is 1.39. The molecule has 6 heteroatoms. The zero-order valence-corrected chi connectivity index (χ0v) is 11.4. The Labute approximate surface area is 107 Å². The van der Waals surface area contributed by atoms with Crippen molar-refractivity contribution >= 4 is 33.1 Å². The molecule has 2 rings (SSSR count). The van der Waals surface area contributed by atoms with Gasteiger partial charge in [-0.3, -0.25) is 0 Å². The number of aryl methyl sites for hydroxylation is 1. The lowest BCUT2D eigenvalue weighted by atomic mass is 10.4. The maximum atomic E-state index is 4.42. The van der Waals surface area contributed by atoms with E-state index in [-0.39, 0.29) is 0 Å². The smallest absolute Gasteiger partial charge is 0.146 e. The predicted molar refractivity (Wildman–Crippen MR) is 68.7 cm³/mol. The summed E-state index contributed by atoms with van der Waals surface area (Å²) >= 11 is 5.09. The van der Waals surface area contributed by atoms with Gasteiger partial charge in [0.25, 0.3) is 0 Å². The van der Waals surface area contributed by atoms with E-state index < -0.39 is 0 Å². The highest BCUT2D eigenvalue weighted by Gasteiger charge is 2.09. The summed E-state index contributed by atoms with van der Waals surface area (Å²) in [6.07, 6.45) is 3.29. The van der Waals surface area contributed by atoms with Crippen LogP contribution in [0.4, 0.5) is 5.82 Å². The van der Waals surface area contributed by atoms with Crippen LogP contribution in [0.25, 0.3) is 0 Å². The molecular formula is C10H11BrN4S. The van der Waals surface area contributed by atoms with Crippen molar-refractivity contribution in [3.05, 3.63) is 33.1 Å². The standard InChI is InChI=1S/C10H11BrN4S/c1-7-14-8(5-16-7)4-15(2)10-9(11)3-12-6-13-10/h3,5-6H,4H2,1-2H3. The number of nitrogens with zero attached hydrogens (tertiary/aromatic N) is 4. The number of halogens is 1. The molecule has 0 aliphatic heterocycles. The molecule has 0 N–H and O–H groups in total. The molecule has 2 aromatic heterocycles. The molecule has 0 saturated carbocycles. The van der Waals surface area contributed by atoms with E-state index in [4.69, 9.17) is 0 Å². The molecule has 0 bridgehead atoms. The van der Waals surface area contributed by atoms with Gasteiger partial charge >= 0.3 is 0 Å². The molecule has 0 aliphatic carbocycles. The summed E-state index contributed by atoms with van der Waals surface area (Å²) in [5.74, 6) is 0.876. The summed E-state index contributed by atoms with van der Waals surface area (Å²) < 4.78 is 0.893.